The summed E-state index contributed by atoms with van der Waals surface area (Å²) in [6.07, 6.45) is 0.204. The lowest BCUT2D eigenvalue weighted by atomic mass is 10.4. The number of hydrogen-bond acceptors (Lipinski definition) is 6. The van der Waals surface area contributed by atoms with E-state index >= 15 is 0 Å². The lowest BCUT2D eigenvalue weighted by Gasteiger charge is -2.10. The summed E-state index contributed by atoms with van der Waals surface area (Å²) in [5, 5.41) is 5.02. The van der Waals surface area contributed by atoms with Crippen LogP contribution < -0.4 is 20.1 Å². The van der Waals surface area contributed by atoms with Crippen molar-refractivity contribution in [2.75, 3.05) is 13.1 Å². The summed E-state index contributed by atoms with van der Waals surface area (Å²) in [5.41, 5.74) is 0. The number of carbonyl (C=O) groups is 2. The van der Waals surface area contributed by atoms with E-state index in [4.69, 9.17) is 23.2 Å². The topological polar surface area (TPSA) is 151 Å². The highest BCUT2D eigenvalue weighted by molar-refractivity contribution is 7.90. The third-order valence-electron chi connectivity index (χ3n) is 3.59. The fourth-order valence-electron chi connectivity index (χ4n) is 2.19. The molecule has 4 amide bonds. The zero-order chi connectivity index (χ0) is 23.1. The quantitative estimate of drug-likeness (QED) is 0.400. The Morgan fingerprint density at radius 3 is 1.45 bits per heavy atom. The van der Waals surface area contributed by atoms with Crippen molar-refractivity contribution < 1.29 is 26.4 Å². The molecule has 0 heterocycles. The Hall–Kier alpha value is -2.54. The molecule has 0 fully saturated rings. The summed E-state index contributed by atoms with van der Waals surface area (Å²) in [6.45, 7) is 0.0243. The Labute approximate surface area is 189 Å². The lowest BCUT2D eigenvalue weighted by Crippen LogP contribution is -2.42. The average Bonchev–Trinajstić information content (AvgIpc) is 2.67. The summed E-state index contributed by atoms with van der Waals surface area (Å²) in [7, 11) is -8.18. The highest BCUT2D eigenvalue weighted by atomic mass is 35.5. The van der Waals surface area contributed by atoms with Crippen molar-refractivity contribution in [3.05, 3.63) is 58.6 Å². The molecule has 0 atom stereocenters. The maximum atomic E-state index is 12.1. The largest absolute Gasteiger partial charge is 0.337 e. The van der Waals surface area contributed by atoms with Crippen LogP contribution in [0.5, 0.6) is 0 Å². The summed E-state index contributed by atoms with van der Waals surface area (Å²) in [4.78, 5) is 23.2. The molecule has 0 bridgehead atoms. The van der Waals surface area contributed by atoms with Crippen LogP contribution in [0.1, 0.15) is 6.42 Å². The number of hydrogen-bond donors (Lipinski definition) is 4. The first-order chi connectivity index (χ1) is 14.5. The first-order valence-corrected chi connectivity index (χ1v) is 12.3. The van der Waals surface area contributed by atoms with Crippen LogP contribution in [0.4, 0.5) is 9.59 Å². The number of amides is 4. The van der Waals surface area contributed by atoms with Gasteiger partial charge in [0.15, 0.2) is 0 Å². The van der Waals surface area contributed by atoms with Gasteiger partial charge in [-0.3, -0.25) is 0 Å². The summed E-state index contributed by atoms with van der Waals surface area (Å²) in [6, 6.07) is 8.85. The van der Waals surface area contributed by atoms with Crippen LogP contribution in [0.25, 0.3) is 0 Å². The zero-order valence-electron chi connectivity index (χ0n) is 15.8. The minimum absolute atomic E-state index is 0.0121. The molecule has 0 aromatic heterocycles. The summed E-state index contributed by atoms with van der Waals surface area (Å²) >= 11 is 11.5. The molecule has 0 saturated heterocycles. The monoisotopic (exact) mass is 508 g/mol. The number of benzene rings is 2. The fraction of sp³-hybridized carbons (Fsp3) is 0.176. The molecule has 2 rings (SSSR count). The van der Waals surface area contributed by atoms with Gasteiger partial charge in [0.05, 0.1) is 9.79 Å². The van der Waals surface area contributed by atoms with Crippen LogP contribution in [0, 0.1) is 0 Å². The Morgan fingerprint density at radius 2 is 1.10 bits per heavy atom. The number of sulfonamides is 2. The molecule has 0 unspecified atom stereocenters. The predicted octanol–water partition coefficient (Wildman–Crippen LogP) is 2.06. The summed E-state index contributed by atoms with van der Waals surface area (Å²) in [5.74, 6) is 0. The second kappa shape index (κ2) is 10.7. The van der Waals surface area contributed by atoms with Crippen LogP contribution >= 0.6 is 23.2 Å². The maximum Gasteiger partial charge on any atom is 0.328 e. The van der Waals surface area contributed by atoms with Gasteiger partial charge in [-0.1, -0.05) is 35.3 Å². The van der Waals surface area contributed by atoms with Crippen LogP contribution in [-0.2, 0) is 20.0 Å². The Kier molecular flexibility index (Phi) is 8.51. The van der Waals surface area contributed by atoms with Crippen molar-refractivity contribution in [3.8, 4) is 0 Å². The second-order valence-electron chi connectivity index (χ2n) is 5.99. The number of urea groups is 2. The van der Waals surface area contributed by atoms with E-state index in [0.29, 0.717) is 0 Å². The molecule has 0 aliphatic heterocycles. The van der Waals surface area contributed by atoms with Crippen molar-refractivity contribution in [1.29, 1.82) is 0 Å². The van der Waals surface area contributed by atoms with E-state index in [1.165, 1.54) is 48.5 Å². The average molecular weight is 509 g/mol. The van der Waals surface area contributed by atoms with Crippen molar-refractivity contribution in [3.63, 3.8) is 0 Å². The fourth-order valence-corrected chi connectivity index (χ4v) is 4.65. The molecule has 0 radical (unpaired) electrons. The summed E-state index contributed by atoms with van der Waals surface area (Å²) < 4.78 is 52.0. The third-order valence-corrected chi connectivity index (χ3v) is 6.72. The van der Waals surface area contributed by atoms with Gasteiger partial charge in [-0.05, 0) is 42.8 Å². The molecule has 4 N–H and O–H groups in total. The molecule has 168 valence electrons. The van der Waals surface area contributed by atoms with E-state index in [0.717, 1.165) is 0 Å². The molecule has 0 saturated carbocycles. The van der Waals surface area contributed by atoms with E-state index in [9.17, 15) is 26.4 Å². The number of halogens is 2. The number of carbonyl (C=O) groups excluding carboxylic acids is 2. The Morgan fingerprint density at radius 1 is 0.710 bits per heavy atom. The van der Waals surface area contributed by atoms with Crippen LogP contribution in [0.15, 0.2) is 58.3 Å². The van der Waals surface area contributed by atoms with E-state index in [1.54, 1.807) is 0 Å². The molecular weight excluding hydrogens is 491 g/mol. The van der Waals surface area contributed by atoms with E-state index in [1.807, 2.05) is 9.44 Å². The van der Waals surface area contributed by atoms with Crippen molar-refractivity contribution in [1.82, 2.24) is 20.1 Å². The number of nitrogens with one attached hydrogen (secondary N) is 4. The van der Waals surface area contributed by atoms with E-state index in [2.05, 4.69) is 10.6 Å². The zero-order valence-corrected chi connectivity index (χ0v) is 18.9. The highest BCUT2D eigenvalue weighted by Crippen LogP contribution is 2.16. The van der Waals surface area contributed by atoms with E-state index in [-0.39, 0.29) is 39.3 Å². The molecule has 0 aliphatic carbocycles. The lowest BCUT2D eigenvalue weighted by molar-refractivity contribution is 0.244. The van der Waals surface area contributed by atoms with Gasteiger partial charge < -0.3 is 10.6 Å². The predicted molar refractivity (Wildman–Crippen MR) is 115 cm³/mol. The van der Waals surface area contributed by atoms with Gasteiger partial charge >= 0.3 is 12.1 Å². The van der Waals surface area contributed by atoms with Gasteiger partial charge in [0.2, 0.25) is 0 Å². The number of rotatable bonds is 8. The molecule has 14 heteroatoms. The van der Waals surface area contributed by atoms with Crippen molar-refractivity contribution >= 4 is 55.3 Å². The van der Waals surface area contributed by atoms with Gasteiger partial charge in [-0.2, -0.15) is 0 Å². The molecule has 2 aromatic rings. The van der Waals surface area contributed by atoms with E-state index < -0.39 is 32.1 Å². The molecule has 2 aromatic carbocycles. The first-order valence-electron chi connectivity index (χ1n) is 8.62. The molecule has 31 heavy (non-hydrogen) atoms. The Bertz CT molecular complexity index is 1080. The molecule has 0 spiro atoms. The second-order valence-corrected chi connectivity index (χ2v) is 10.2. The van der Waals surface area contributed by atoms with Gasteiger partial charge in [-0.15, -0.1) is 0 Å². The normalized spacial score (nSPS) is 11.4. The maximum absolute atomic E-state index is 12.1. The third kappa shape index (κ3) is 7.90. The van der Waals surface area contributed by atoms with Crippen LogP contribution in [-0.4, -0.2) is 42.0 Å². The van der Waals surface area contributed by atoms with Crippen molar-refractivity contribution in [2.45, 2.75) is 16.2 Å². The van der Waals surface area contributed by atoms with Crippen LogP contribution in [0.3, 0.4) is 0 Å². The van der Waals surface area contributed by atoms with Crippen molar-refractivity contribution in [2.24, 2.45) is 0 Å². The van der Waals surface area contributed by atoms with Gasteiger partial charge in [-0.25, -0.2) is 35.9 Å². The van der Waals surface area contributed by atoms with Gasteiger partial charge in [0, 0.05) is 23.1 Å². The minimum Gasteiger partial charge on any atom is -0.337 e. The smallest absolute Gasteiger partial charge is 0.328 e. The highest BCUT2D eigenvalue weighted by Gasteiger charge is 2.18. The standard InChI is InChI=1S/C17H18Cl2N4O6S2/c18-12-4-1-6-14(10-12)30(26,27)22-16(24)20-8-3-9-21-17(25)23-31(28,29)15-7-2-5-13(19)11-15/h1-2,4-7,10-11H,3,8-9H2,(H2,20,22,24)(H2,21,23,25). The first kappa shape index (κ1) is 24.7. The molecular formula is C17H18Cl2N4O6S2. The minimum atomic E-state index is -4.09. The molecule has 0 aliphatic rings. The Balaban J connectivity index is 1.73. The SMILES string of the molecule is O=C(NCCCNC(=O)NS(=O)(=O)c1cccc(Cl)c1)NS(=O)(=O)c1cccc(Cl)c1. The molecule has 10 nitrogen and oxygen atoms in total. The van der Waals surface area contributed by atoms with Gasteiger partial charge in [0.1, 0.15) is 0 Å². The van der Waals surface area contributed by atoms with Crippen LogP contribution in [0.2, 0.25) is 10.0 Å². The van der Waals surface area contributed by atoms with Gasteiger partial charge in [0.25, 0.3) is 20.0 Å².